The number of likely N-dealkylation sites (tertiary alicyclic amines) is 1. The van der Waals surface area contributed by atoms with Gasteiger partial charge in [-0.2, -0.15) is 0 Å². The SMILES string of the molecule is CC(O)C1CCCN(C(=O)c2ccccc2C(C)(C)C)C1. The predicted molar refractivity (Wildman–Crippen MR) is 85.5 cm³/mol. The van der Waals surface area contributed by atoms with Gasteiger partial charge in [-0.3, -0.25) is 4.79 Å². The third-order valence-electron chi connectivity index (χ3n) is 4.39. The van der Waals surface area contributed by atoms with Gasteiger partial charge in [-0.05, 0) is 36.8 Å². The lowest BCUT2D eigenvalue weighted by atomic mass is 9.83. The molecule has 21 heavy (non-hydrogen) atoms. The summed E-state index contributed by atoms with van der Waals surface area (Å²) in [4.78, 5) is 14.8. The minimum Gasteiger partial charge on any atom is -0.393 e. The van der Waals surface area contributed by atoms with E-state index < -0.39 is 0 Å². The highest BCUT2D eigenvalue weighted by molar-refractivity contribution is 5.96. The van der Waals surface area contributed by atoms with Crippen LogP contribution in [0.1, 0.15) is 56.5 Å². The van der Waals surface area contributed by atoms with Crippen molar-refractivity contribution in [1.82, 2.24) is 4.90 Å². The van der Waals surface area contributed by atoms with E-state index in [1.165, 1.54) is 0 Å². The molecule has 0 aromatic heterocycles. The maximum Gasteiger partial charge on any atom is 0.254 e. The first-order valence-corrected chi connectivity index (χ1v) is 7.87. The van der Waals surface area contributed by atoms with E-state index in [2.05, 4.69) is 20.8 Å². The zero-order chi connectivity index (χ0) is 15.6. The van der Waals surface area contributed by atoms with Crippen LogP contribution in [0.4, 0.5) is 0 Å². The summed E-state index contributed by atoms with van der Waals surface area (Å²) in [6.07, 6.45) is 1.62. The summed E-state index contributed by atoms with van der Waals surface area (Å²) in [5, 5.41) is 9.79. The van der Waals surface area contributed by atoms with Gasteiger partial charge in [-0.25, -0.2) is 0 Å². The molecule has 2 rings (SSSR count). The van der Waals surface area contributed by atoms with Crippen LogP contribution in [0.15, 0.2) is 24.3 Å². The van der Waals surface area contributed by atoms with Crippen molar-refractivity contribution in [2.75, 3.05) is 13.1 Å². The molecule has 1 aliphatic heterocycles. The van der Waals surface area contributed by atoms with Gasteiger partial charge >= 0.3 is 0 Å². The molecule has 3 nitrogen and oxygen atoms in total. The minimum absolute atomic E-state index is 0.0499. The number of piperidine rings is 1. The lowest BCUT2D eigenvalue weighted by Crippen LogP contribution is -2.43. The molecule has 2 unspecified atom stereocenters. The van der Waals surface area contributed by atoms with Gasteiger partial charge in [0.1, 0.15) is 0 Å². The normalized spacial score (nSPS) is 21.2. The van der Waals surface area contributed by atoms with Crippen molar-refractivity contribution in [3.05, 3.63) is 35.4 Å². The van der Waals surface area contributed by atoms with E-state index in [-0.39, 0.29) is 23.3 Å². The minimum atomic E-state index is -0.349. The zero-order valence-corrected chi connectivity index (χ0v) is 13.6. The summed E-state index contributed by atoms with van der Waals surface area (Å²) in [6.45, 7) is 9.67. The molecule has 1 saturated heterocycles. The predicted octanol–water partition coefficient (Wildman–Crippen LogP) is 3.22. The fraction of sp³-hybridized carbons (Fsp3) is 0.611. The number of rotatable bonds is 2. The molecule has 1 fully saturated rings. The molecular weight excluding hydrogens is 262 g/mol. The first-order chi connectivity index (χ1) is 9.80. The van der Waals surface area contributed by atoms with Crippen LogP contribution >= 0.6 is 0 Å². The molecular formula is C18H27NO2. The Hall–Kier alpha value is -1.35. The summed E-state index contributed by atoms with van der Waals surface area (Å²) >= 11 is 0. The Balaban J connectivity index is 2.24. The maximum atomic E-state index is 12.9. The fourth-order valence-electron chi connectivity index (χ4n) is 3.08. The Morgan fingerprint density at radius 2 is 2.00 bits per heavy atom. The molecule has 1 amide bonds. The Kier molecular flexibility index (Phi) is 4.72. The second kappa shape index (κ2) is 6.18. The first kappa shape index (κ1) is 16.0. The van der Waals surface area contributed by atoms with Gasteiger partial charge in [-0.1, -0.05) is 39.0 Å². The Morgan fingerprint density at radius 3 is 2.62 bits per heavy atom. The van der Waals surface area contributed by atoms with Crippen molar-refractivity contribution in [1.29, 1.82) is 0 Å². The largest absolute Gasteiger partial charge is 0.393 e. The van der Waals surface area contributed by atoms with Crippen LogP contribution in [-0.4, -0.2) is 35.1 Å². The van der Waals surface area contributed by atoms with E-state index in [0.29, 0.717) is 6.54 Å². The van der Waals surface area contributed by atoms with Gasteiger partial charge in [0.15, 0.2) is 0 Å². The quantitative estimate of drug-likeness (QED) is 0.908. The van der Waals surface area contributed by atoms with Crippen molar-refractivity contribution in [3.63, 3.8) is 0 Å². The molecule has 0 saturated carbocycles. The summed E-state index contributed by atoms with van der Waals surface area (Å²) in [5.74, 6) is 0.301. The van der Waals surface area contributed by atoms with E-state index >= 15 is 0 Å². The van der Waals surface area contributed by atoms with E-state index in [1.54, 1.807) is 0 Å². The Morgan fingerprint density at radius 1 is 1.33 bits per heavy atom. The van der Waals surface area contributed by atoms with Gasteiger partial charge in [0.2, 0.25) is 0 Å². The molecule has 0 aliphatic carbocycles. The van der Waals surface area contributed by atoms with Gasteiger partial charge in [0.25, 0.3) is 5.91 Å². The summed E-state index contributed by atoms with van der Waals surface area (Å²) in [5.41, 5.74) is 1.84. The van der Waals surface area contributed by atoms with E-state index in [0.717, 1.165) is 30.5 Å². The Labute approximate surface area is 128 Å². The monoisotopic (exact) mass is 289 g/mol. The molecule has 1 aliphatic rings. The molecule has 1 heterocycles. The molecule has 2 atom stereocenters. The smallest absolute Gasteiger partial charge is 0.254 e. The summed E-state index contributed by atoms with van der Waals surface area (Å²) in [7, 11) is 0. The average molecular weight is 289 g/mol. The molecule has 116 valence electrons. The summed E-state index contributed by atoms with van der Waals surface area (Å²) in [6, 6.07) is 7.89. The first-order valence-electron chi connectivity index (χ1n) is 7.87. The van der Waals surface area contributed by atoms with Gasteiger partial charge in [-0.15, -0.1) is 0 Å². The number of nitrogens with zero attached hydrogens (tertiary/aromatic N) is 1. The molecule has 3 heteroatoms. The molecule has 1 aromatic carbocycles. The number of amides is 1. The number of carbonyl (C=O) groups excluding carboxylic acids is 1. The van der Waals surface area contributed by atoms with Crippen molar-refractivity contribution < 1.29 is 9.90 Å². The number of hydrogen-bond acceptors (Lipinski definition) is 2. The lowest BCUT2D eigenvalue weighted by Gasteiger charge is -2.35. The van der Waals surface area contributed by atoms with Crippen molar-refractivity contribution >= 4 is 5.91 Å². The average Bonchev–Trinajstić information content (AvgIpc) is 2.45. The van der Waals surface area contributed by atoms with Crippen LogP contribution in [0.5, 0.6) is 0 Å². The van der Waals surface area contributed by atoms with Crippen LogP contribution in [0.3, 0.4) is 0 Å². The molecule has 0 radical (unpaired) electrons. The van der Waals surface area contributed by atoms with Crippen molar-refractivity contribution in [2.24, 2.45) is 5.92 Å². The standard InChI is InChI=1S/C18H27NO2/c1-13(20)14-8-7-11-19(12-14)17(21)15-9-5-6-10-16(15)18(2,3)4/h5-6,9-10,13-14,20H,7-8,11-12H2,1-4H3. The van der Waals surface area contributed by atoms with Crippen molar-refractivity contribution in [2.45, 2.75) is 52.1 Å². The Bertz CT molecular complexity index is 502. The van der Waals surface area contributed by atoms with Gasteiger partial charge in [0.05, 0.1) is 6.10 Å². The highest BCUT2D eigenvalue weighted by Gasteiger charge is 2.29. The second-order valence-corrected chi connectivity index (χ2v) is 7.19. The van der Waals surface area contributed by atoms with Crippen LogP contribution in [0.25, 0.3) is 0 Å². The third kappa shape index (κ3) is 3.65. The molecule has 0 spiro atoms. The third-order valence-corrected chi connectivity index (χ3v) is 4.39. The van der Waals surface area contributed by atoms with Crippen LogP contribution < -0.4 is 0 Å². The number of carbonyl (C=O) groups is 1. The topological polar surface area (TPSA) is 40.5 Å². The maximum absolute atomic E-state index is 12.9. The van der Waals surface area contributed by atoms with Crippen molar-refractivity contribution in [3.8, 4) is 0 Å². The summed E-state index contributed by atoms with van der Waals surface area (Å²) < 4.78 is 0. The number of benzene rings is 1. The highest BCUT2D eigenvalue weighted by atomic mass is 16.3. The van der Waals surface area contributed by atoms with E-state index in [1.807, 2.05) is 36.1 Å². The number of aliphatic hydroxyl groups is 1. The lowest BCUT2D eigenvalue weighted by molar-refractivity contribution is 0.0464. The number of aliphatic hydroxyl groups excluding tert-OH is 1. The van der Waals surface area contributed by atoms with Gasteiger partial charge < -0.3 is 10.0 Å². The molecule has 1 N–H and O–H groups in total. The molecule has 0 bridgehead atoms. The van der Waals surface area contributed by atoms with Crippen LogP contribution in [0.2, 0.25) is 0 Å². The molecule has 1 aromatic rings. The number of hydrogen-bond donors (Lipinski definition) is 1. The van der Waals surface area contributed by atoms with E-state index in [4.69, 9.17) is 0 Å². The van der Waals surface area contributed by atoms with Crippen LogP contribution in [0, 0.1) is 5.92 Å². The second-order valence-electron chi connectivity index (χ2n) is 7.19. The zero-order valence-electron chi connectivity index (χ0n) is 13.6. The van der Waals surface area contributed by atoms with Crippen LogP contribution in [-0.2, 0) is 5.41 Å². The van der Waals surface area contributed by atoms with Gasteiger partial charge in [0, 0.05) is 24.6 Å². The highest BCUT2D eigenvalue weighted by Crippen LogP contribution is 2.28. The van der Waals surface area contributed by atoms with E-state index in [9.17, 15) is 9.90 Å². The fourth-order valence-corrected chi connectivity index (χ4v) is 3.08.